The van der Waals surface area contributed by atoms with Gasteiger partial charge in [-0.2, -0.15) is 10.5 Å². The molecule has 0 radical (unpaired) electrons. The van der Waals surface area contributed by atoms with E-state index in [-0.39, 0.29) is 25.5 Å². The standard InChI is InChI=1S/C68H52N5.Ir/c1-46-37-56(41-58(43-69)64(46)44-70)51-27-29-52(30-28-51)63-42-55(67-34-32-59(45-73-67)68(2,3)4)31-33-62(63)61-12-6-5-11-60(61)57-39-49(17-15-47-19-23-53(24-20-47)65-13-7-9-35-71-65)38-50(40-57)18-16-48-21-25-54(26-22-48)66-14-8-10-36-72-66;/h5-14,19-23,25,27-30,32-42,45H,15-18H2,1-4H3;/q-3;+3. The molecule has 0 amide bonds. The minimum atomic E-state index is -0.0241. The average molecular weight is 1130 g/mol. The molecular weight excluding hydrogens is 1080 g/mol. The fraction of sp³-hybridized carbons (Fsp3) is 0.132. The molecule has 10 rings (SSSR count). The predicted molar refractivity (Wildman–Crippen MR) is 295 cm³/mol. The van der Waals surface area contributed by atoms with Gasteiger partial charge in [0.2, 0.25) is 0 Å². The second-order valence-corrected chi connectivity index (χ2v) is 19.6. The van der Waals surface area contributed by atoms with Gasteiger partial charge < -0.3 is 15.0 Å². The molecule has 0 spiro atoms. The number of hydrogen-bond acceptors (Lipinski definition) is 5. The summed E-state index contributed by atoms with van der Waals surface area (Å²) in [4.78, 5) is 14.0. The van der Waals surface area contributed by atoms with Gasteiger partial charge in [0.1, 0.15) is 12.1 Å². The second kappa shape index (κ2) is 22.6. The summed E-state index contributed by atoms with van der Waals surface area (Å²) >= 11 is 0. The van der Waals surface area contributed by atoms with E-state index in [1.165, 1.54) is 27.8 Å². The van der Waals surface area contributed by atoms with Crippen molar-refractivity contribution in [2.75, 3.05) is 0 Å². The molecule has 0 fully saturated rings. The Labute approximate surface area is 449 Å². The van der Waals surface area contributed by atoms with Gasteiger partial charge in [-0.1, -0.05) is 159 Å². The number of nitriles is 2. The molecule has 0 bridgehead atoms. The molecule has 358 valence electrons. The molecule has 0 unspecified atom stereocenters. The zero-order valence-corrected chi connectivity index (χ0v) is 44.3. The fourth-order valence-electron chi connectivity index (χ4n) is 9.47. The Balaban J connectivity index is 0.00000672. The van der Waals surface area contributed by atoms with Crippen LogP contribution in [0.5, 0.6) is 0 Å². The van der Waals surface area contributed by atoms with Crippen LogP contribution in [0, 0.1) is 47.8 Å². The van der Waals surface area contributed by atoms with Gasteiger partial charge in [-0.25, -0.2) is 0 Å². The van der Waals surface area contributed by atoms with Gasteiger partial charge in [0.15, 0.2) is 0 Å². The SMILES string of the molecule is Cc1cc(-c2ccc(-c3cc(-c4ccc(C(C)(C)C)cn4)[c-]cc3-c3ccccc3-c3cc(CCc4c[c-]c(-c5ccccn5)cc4)cc(CCc4c[c-]c(-c5ccccn5)cc4)c3)cc2)cc(C#N)c1C#N.[Ir+3]. The molecule has 7 aromatic carbocycles. The third-order valence-electron chi connectivity index (χ3n) is 13.6. The van der Waals surface area contributed by atoms with Crippen LogP contribution in [-0.4, -0.2) is 15.0 Å². The molecule has 0 aliphatic heterocycles. The van der Waals surface area contributed by atoms with Crippen LogP contribution in [0.1, 0.15) is 65.3 Å². The van der Waals surface area contributed by atoms with Crippen LogP contribution in [0.2, 0.25) is 0 Å². The quantitative estimate of drug-likeness (QED) is 0.107. The summed E-state index contributed by atoms with van der Waals surface area (Å²) in [6, 6.07) is 76.5. The van der Waals surface area contributed by atoms with Crippen molar-refractivity contribution in [2.24, 2.45) is 0 Å². The summed E-state index contributed by atoms with van der Waals surface area (Å²) in [5, 5.41) is 19.6. The maximum Gasteiger partial charge on any atom is 3.00 e. The topological polar surface area (TPSA) is 86.2 Å². The number of aryl methyl sites for hydroxylation is 5. The van der Waals surface area contributed by atoms with Crippen molar-refractivity contribution in [2.45, 2.75) is 58.8 Å². The van der Waals surface area contributed by atoms with Crippen LogP contribution < -0.4 is 0 Å². The van der Waals surface area contributed by atoms with E-state index in [1.54, 1.807) is 0 Å². The van der Waals surface area contributed by atoms with Crippen LogP contribution in [-0.2, 0) is 51.2 Å². The molecule has 74 heavy (non-hydrogen) atoms. The summed E-state index contributed by atoms with van der Waals surface area (Å²) in [6.07, 6.45) is 9.08. The first-order chi connectivity index (χ1) is 35.6. The Morgan fingerprint density at radius 2 is 1.01 bits per heavy atom. The van der Waals surface area contributed by atoms with E-state index >= 15 is 0 Å². The zero-order chi connectivity index (χ0) is 50.3. The number of benzene rings is 7. The van der Waals surface area contributed by atoms with Crippen molar-refractivity contribution in [3.8, 4) is 90.4 Å². The van der Waals surface area contributed by atoms with Crippen molar-refractivity contribution < 1.29 is 20.1 Å². The van der Waals surface area contributed by atoms with Crippen LogP contribution in [0.3, 0.4) is 0 Å². The van der Waals surface area contributed by atoms with Crippen molar-refractivity contribution >= 4 is 0 Å². The third-order valence-corrected chi connectivity index (χ3v) is 13.6. The Bertz CT molecular complexity index is 3540. The minimum absolute atomic E-state index is 0. The molecule has 0 atom stereocenters. The number of hydrogen-bond donors (Lipinski definition) is 0. The molecule has 6 heteroatoms. The molecule has 0 aliphatic rings. The molecule has 0 saturated heterocycles. The largest absolute Gasteiger partial charge is 3.00 e. The monoisotopic (exact) mass is 1130 g/mol. The Morgan fingerprint density at radius 1 is 0.446 bits per heavy atom. The van der Waals surface area contributed by atoms with Gasteiger partial charge in [0.25, 0.3) is 0 Å². The molecule has 5 nitrogen and oxygen atoms in total. The molecule has 3 aromatic heterocycles. The Kier molecular flexibility index (Phi) is 15.4. The van der Waals surface area contributed by atoms with E-state index in [1.807, 2.05) is 74.0 Å². The summed E-state index contributed by atoms with van der Waals surface area (Å²) in [5.41, 5.74) is 21.7. The van der Waals surface area contributed by atoms with E-state index in [4.69, 9.17) is 4.98 Å². The van der Waals surface area contributed by atoms with Gasteiger partial charge in [0, 0.05) is 18.6 Å². The van der Waals surface area contributed by atoms with E-state index in [9.17, 15) is 10.5 Å². The molecule has 0 N–H and O–H groups in total. The first kappa shape index (κ1) is 50.6. The van der Waals surface area contributed by atoms with E-state index < -0.39 is 0 Å². The van der Waals surface area contributed by atoms with Crippen LogP contribution in [0.25, 0.3) is 78.3 Å². The van der Waals surface area contributed by atoms with Crippen molar-refractivity contribution in [1.82, 2.24) is 15.0 Å². The van der Waals surface area contributed by atoms with Gasteiger partial charge in [-0.15, -0.1) is 94.5 Å². The number of pyridine rings is 3. The Hall–Kier alpha value is -8.38. The first-order valence-corrected chi connectivity index (χ1v) is 24.7. The molecule has 0 aliphatic carbocycles. The van der Waals surface area contributed by atoms with Crippen molar-refractivity contribution in [3.05, 3.63) is 257 Å². The average Bonchev–Trinajstić information content (AvgIpc) is 3.44. The molecular formula is C68H52IrN5. The van der Waals surface area contributed by atoms with Gasteiger partial charge in [0.05, 0.1) is 11.1 Å². The minimum Gasteiger partial charge on any atom is -0.305 e. The summed E-state index contributed by atoms with van der Waals surface area (Å²) in [7, 11) is 0. The molecule has 10 aromatic rings. The number of nitrogens with zero attached hydrogens (tertiary/aromatic N) is 5. The normalized spacial score (nSPS) is 11.1. The third kappa shape index (κ3) is 11.4. The number of aromatic nitrogens is 3. The second-order valence-electron chi connectivity index (χ2n) is 19.6. The maximum absolute atomic E-state index is 9.90. The van der Waals surface area contributed by atoms with E-state index in [0.29, 0.717) is 11.1 Å². The van der Waals surface area contributed by atoms with Gasteiger partial charge in [-0.3, -0.25) is 0 Å². The van der Waals surface area contributed by atoms with E-state index in [0.717, 1.165) is 110 Å². The van der Waals surface area contributed by atoms with Crippen LogP contribution in [0.15, 0.2) is 195 Å². The Morgan fingerprint density at radius 3 is 1.54 bits per heavy atom. The van der Waals surface area contributed by atoms with Gasteiger partial charge in [-0.05, 0) is 111 Å². The van der Waals surface area contributed by atoms with Crippen molar-refractivity contribution in [3.63, 3.8) is 0 Å². The van der Waals surface area contributed by atoms with Crippen molar-refractivity contribution in [1.29, 1.82) is 10.5 Å². The van der Waals surface area contributed by atoms with Crippen LogP contribution >= 0.6 is 0 Å². The number of rotatable bonds is 13. The molecule has 3 heterocycles. The predicted octanol–water partition coefficient (Wildman–Crippen LogP) is 15.9. The smallest absolute Gasteiger partial charge is 0.305 e. The summed E-state index contributed by atoms with van der Waals surface area (Å²) in [5.74, 6) is 0. The van der Waals surface area contributed by atoms with Gasteiger partial charge >= 0.3 is 20.1 Å². The molecule has 0 saturated carbocycles. The first-order valence-electron chi connectivity index (χ1n) is 24.7. The fourth-order valence-corrected chi connectivity index (χ4v) is 9.47. The summed E-state index contributed by atoms with van der Waals surface area (Å²) < 4.78 is 0. The van der Waals surface area contributed by atoms with Crippen LogP contribution in [0.4, 0.5) is 0 Å². The summed E-state index contributed by atoms with van der Waals surface area (Å²) in [6.45, 7) is 8.48. The maximum atomic E-state index is 9.90. The zero-order valence-electron chi connectivity index (χ0n) is 41.9. The van der Waals surface area contributed by atoms with E-state index in [2.05, 4.69) is 188 Å².